The van der Waals surface area contributed by atoms with E-state index in [9.17, 15) is 9.59 Å². The van der Waals surface area contributed by atoms with Crippen molar-refractivity contribution in [2.75, 3.05) is 11.4 Å². The summed E-state index contributed by atoms with van der Waals surface area (Å²) in [7, 11) is -1.98. The van der Waals surface area contributed by atoms with E-state index in [0.29, 0.717) is 13.0 Å². The smallest absolute Gasteiger partial charge is 0.408 e. The number of anilines is 1. The van der Waals surface area contributed by atoms with Crippen LogP contribution in [0.15, 0.2) is 48.5 Å². The van der Waals surface area contributed by atoms with E-state index in [4.69, 9.17) is 9.16 Å². The maximum atomic E-state index is 13.2. The third-order valence-electron chi connectivity index (χ3n) is 6.42. The highest BCUT2D eigenvalue weighted by Gasteiger charge is 2.39. The zero-order valence-corrected chi connectivity index (χ0v) is 22.7. The fourth-order valence-electron chi connectivity index (χ4n) is 3.63. The summed E-state index contributed by atoms with van der Waals surface area (Å²) in [6.45, 7) is 17.0. The van der Waals surface area contributed by atoms with Crippen molar-refractivity contribution in [1.29, 1.82) is 0 Å². The number of nitrogens with one attached hydrogen (secondary N) is 1. The van der Waals surface area contributed by atoms with Crippen molar-refractivity contribution in [3.63, 3.8) is 0 Å². The summed E-state index contributed by atoms with van der Waals surface area (Å²) in [5.74, 6) is 0.711. The zero-order chi connectivity index (χ0) is 25.3. The van der Waals surface area contributed by atoms with E-state index >= 15 is 0 Å². The van der Waals surface area contributed by atoms with Gasteiger partial charge in [-0.1, -0.05) is 51.1 Å². The van der Waals surface area contributed by atoms with Crippen LogP contribution in [0.25, 0.3) is 11.1 Å². The molecule has 2 amide bonds. The van der Waals surface area contributed by atoms with E-state index in [0.717, 1.165) is 22.6 Å². The van der Waals surface area contributed by atoms with Gasteiger partial charge in [0.05, 0.1) is 5.69 Å². The SMILES string of the molecule is CC(C)(C)OC(=O)N[C@H]1CCN(c2ccccc2-c2cccc(O[Si](C)(C)C(C)(C)C)c2)C1=O. The molecule has 0 radical (unpaired) electrons. The van der Waals surface area contributed by atoms with Crippen molar-refractivity contribution in [1.82, 2.24) is 5.32 Å². The highest BCUT2D eigenvalue weighted by molar-refractivity contribution is 6.74. The number of ether oxygens (including phenoxy) is 1. The first-order valence-electron chi connectivity index (χ1n) is 11.9. The fourth-order valence-corrected chi connectivity index (χ4v) is 4.65. The lowest BCUT2D eigenvalue weighted by atomic mass is 10.0. The molecule has 7 heteroatoms. The molecule has 0 unspecified atom stereocenters. The number of hydrogen-bond donors (Lipinski definition) is 1. The lowest BCUT2D eigenvalue weighted by molar-refractivity contribution is -0.118. The Morgan fingerprint density at radius 3 is 2.35 bits per heavy atom. The Hall–Kier alpha value is -2.80. The van der Waals surface area contributed by atoms with Crippen molar-refractivity contribution in [2.45, 2.75) is 77.7 Å². The molecule has 0 aromatic heterocycles. The van der Waals surface area contributed by atoms with Crippen LogP contribution in [0.5, 0.6) is 5.75 Å². The van der Waals surface area contributed by atoms with E-state index in [1.165, 1.54) is 0 Å². The average molecular weight is 483 g/mol. The third-order valence-corrected chi connectivity index (χ3v) is 10.8. The summed E-state index contributed by atoms with van der Waals surface area (Å²) in [5, 5.41) is 2.82. The van der Waals surface area contributed by atoms with Gasteiger partial charge in [0.15, 0.2) is 0 Å². The summed E-state index contributed by atoms with van der Waals surface area (Å²) in [5.41, 5.74) is 2.15. The summed E-state index contributed by atoms with van der Waals surface area (Å²) < 4.78 is 11.8. The second-order valence-corrected chi connectivity index (χ2v) is 16.1. The Labute approximate surface area is 204 Å². The molecule has 2 aromatic rings. The van der Waals surface area contributed by atoms with Gasteiger partial charge >= 0.3 is 6.09 Å². The predicted molar refractivity (Wildman–Crippen MR) is 140 cm³/mol. The van der Waals surface area contributed by atoms with Gasteiger partial charge in [0, 0.05) is 12.1 Å². The van der Waals surface area contributed by atoms with Crippen LogP contribution in [0, 0.1) is 0 Å². The average Bonchev–Trinajstić information content (AvgIpc) is 3.05. The van der Waals surface area contributed by atoms with E-state index in [2.05, 4.69) is 45.2 Å². The molecule has 2 aromatic carbocycles. The molecule has 34 heavy (non-hydrogen) atoms. The molecule has 1 heterocycles. The van der Waals surface area contributed by atoms with Crippen LogP contribution in [0.2, 0.25) is 18.1 Å². The zero-order valence-electron chi connectivity index (χ0n) is 21.7. The lowest BCUT2D eigenvalue weighted by Gasteiger charge is -2.36. The first kappa shape index (κ1) is 25.8. The highest BCUT2D eigenvalue weighted by Crippen LogP contribution is 2.39. The van der Waals surface area contributed by atoms with Crippen LogP contribution < -0.4 is 14.6 Å². The lowest BCUT2D eigenvalue weighted by Crippen LogP contribution is -2.44. The van der Waals surface area contributed by atoms with Gasteiger partial charge in [-0.25, -0.2) is 4.79 Å². The van der Waals surface area contributed by atoms with Crippen molar-refractivity contribution in [3.8, 4) is 16.9 Å². The van der Waals surface area contributed by atoms with Crippen LogP contribution in [0.4, 0.5) is 10.5 Å². The first-order chi connectivity index (χ1) is 15.7. The molecule has 0 saturated carbocycles. The van der Waals surface area contributed by atoms with E-state index < -0.39 is 26.1 Å². The van der Waals surface area contributed by atoms with Crippen LogP contribution in [-0.4, -0.2) is 38.5 Å². The van der Waals surface area contributed by atoms with Crippen molar-refractivity contribution in [3.05, 3.63) is 48.5 Å². The van der Waals surface area contributed by atoms with Gasteiger partial charge in [-0.2, -0.15) is 0 Å². The summed E-state index contributed by atoms with van der Waals surface area (Å²) in [4.78, 5) is 27.1. The van der Waals surface area contributed by atoms with Gasteiger partial charge < -0.3 is 19.4 Å². The van der Waals surface area contributed by atoms with Crippen molar-refractivity contribution in [2.24, 2.45) is 0 Å². The topological polar surface area (TPSA) is 67.9 Å². The standard InChI is InChI=1S/C27H38N2O4Si/c1-26(2,3)32-25(31)28-22-16-17-29(24(22)30)23-15-10-9-14-21(23)19-12-11-13-20(18-19)33-34(7,8)27(4,5)6/h9-15,18,22H,16-17H2,1-8H3,(H,28,31)/t22-/m0/s1. The van der Waals surface area contributed by atoms with Crippen molar-refractivity contribution < 1.29 is 18.8 Å². The van der Waals surface area contributed by atoms with Crippen LogP contribution in [-0.2, 0) is 9.53 Å². The maximum absolute atomic E-state index is 13.2. The molecule has 184 valence electrons. The number of carbonyl (C=O) groups excluding carboxylic acids is 2. The monoisotopic (exact) mass is 482 g/mol. The number of nitrogens with zero attached hydrogens (tertiary/aromatic N) is 1. The minimum atomic E-state index is -1.98. The normalized spacial score (nSPS) is 17.0. The second-order valence-electron chi connectivity index (χ2n) is 11.4. The fraction of sp³-hybridized carbons (Fsp3) is 0.481. The largest absolute Gasteiger partial charge is 0.543 e. The van der Waals surface area contributed by atoms with Crippen molar-refractivity contribution >= 4 is 26.0 Å². The van der Waals surface area contributed by atoms with E-state index in [1.54, 1.807) is 25.7 Å². The molecule has 6 nitrogen and oxygen atoms in total. The van der Waals surface area contributed by atoms with Gasteiger partial charge in [0.2, 0.25) is 14.2 Å². The Bertz CT molecular complexity index is 1050. The molecule has 0 spiro atoms. The van der Waals surface area contributed by atoms with Gasteiger partial charge in [-0.05, 0) is 69.1 Å². The number of amides is 2. The number of alkyl carbamates (subject to hydrolysis) is 1. The number of hydrogen-bond acceptors (Lipinski definition) is 4. The maximum Gasteiger partial charge on any atom is 0.408 e. The van der Waals surface area contributed by atoms with Crippen LogP contribution in [0.1, 0.15) is 48.0 Å². The second kappa shape index (κ2) is 9.45. The Morgan fingerprint density at radius 2 is 1.71 bits per heavy atom. The molecular formula is C27H38N2O4Si. The summed E-state index contributed by atoms with van der Waals surface area (Å²) in [6.07, 6.45) is -0.0440. The number of carbonyl (C=O) groups is 2. The molecule has 3 rings (SSSR count). The molecule has 0 aliphatic carbocycles. The molecule has 1 aliphatic rings. The minimum Gasteiger partial charge on any atom is -0.543 e. The quantitative estimate of drug-likeness (QED) is 0.503. The first-order valence-corrected chi connectivity index (χ1v) is 14.8. The highest BCUT2D eigenvalue weighted by atomic mass is 28.4. The number of rotatable bonds is 5. The van der Waals surface area contributed by atoms with Crippen LogP contribution >= 0.6 is 0 Å². The van der Waals surface area contributed by atoms with Crippen LogP contribution in [0.3, 0.4) is 0 Å². The Kier molecular flexibility index (Phi) is 7.17. The molecule has 0 bridgehead atoms. The van der Waals surface area contributed by atoms with Gasteiger partial charge in [0.1, 0.15) is 17.4 Å². The summed E-state index contributed by atoms with van der Waals surface area (Å²) >= 11 is 0. The molecular weight excluding hydrogens is 444 g/mol. The number of benzene rings is 2. The minimum absolute atomic E-state index is 0.0963. The van der Waals surface area contributed by atoms with Gasteiger partial charge in [0.25, 0.3) is 0 Å². The molecule has 1 N–H and O–H groups in total. The molecule has 1 aliphatic heterocycles. The molecule has 1 atom stereocenters. The molecule has 1 fully saturated rings. The summed E-state index contributed by atoms with van der Waals surface area (Å²) in [6, 6.07) is 15.3. The van der Waals surface area contributed by atoms with E-state index in [-0.39, 0.29) is 10.9 Å². The predicted octanol–water partition coefficient (Wildman–Crippen LogP) is 6.37. The van der Waals surface area contributed by atoms with Gasteiger partial charge in [-0.15, -0.1) is 0 Å². The Balaban J connectivity index is 1.84. The third kappa shape index (κ3) is 6.00. The van der Waals surface area contributed by atoms with E-state index in [1.807, 2.05) is 42.5 Å². The Morgan fingerprint density at radius 1 is 1.03 bits per heavy atom. The number of para-hydroxylation sites is 1. The molecule has 1 saturated heterocycles. The van der Waals surface area contributed by atoms with Gasteiger partial charge in [-0.3, -0.25) is 4.79 Å².